The third-order valence-electron chi connectivity index (χ3n) is 3.18. The zero-order valence-electron chi connectivity index (χ0n) is 7.00. The summed E-state index contributed by atoms with van der Waals surface area (Å²) in [7, 11) is 0. The Morgan fingerprint density at radius 1 is 1.09 bits per heavy atom. The van der Waals surface area contributed by atoms with Crippen molar-refractivity contribution in [3.05, 3.63) is 0 Å². The minimum atomic E-state index is 0.958. The van der Waals surface area contributed by atoms with Gasteiger partial charge in [0.1, 0.15) is 0 Å². The summed E-state index contributed by atoms with van der Waals surface area (Å²) in [5.74, 6) is 1.05. The van der Waals surface area contributed by atoms with Crippen molar-refractivity contribution in [2.45, 2.75) is 44.2 Å². The van der Waals surface area contributed by atoms with E-state index in [1.807, 2.05) is 0 Å². The van der Waals surface area contributed by atoms with Gasteiger partial charge < -0.3 is 0 Å². The Bertz CT molecular complexity index is 118. The van der Waals surface area contributed by atoms with Gasteiger partial charge in [0, 0.05) is 12.1 Å². The minimum Gasteiger partial charge on any atom is -0.297 e. The number of hydrogen-bond acceptors (Lipinski definition) is 2. The van der Waals surface area contributed by atoms with Gasteiger partial charge in [-0.25, -0.2) is 0 Å². The second-order valence-electron chi connectivity index (χ2n) is 3.78. The van der Waals surface area contributed by atoms with Gasteiger partial charge >= 0.3 is 0 Å². The lowest BCUT2D eigenvalue weighted by atomic mass is 10.0. The molecule has 0 spiro atoms. The number of thiol groups is 1. The van der Waals surface area contributed by atoms with Crippen molar-refractivity contribution >= 4 is 12.6 Å². The van der Waals surface area contributed by atoms with Crippen LogP contribution in [0, 0.1) is 0 Å². The smallest absolute Gasteiger partial charge is 0.00993 e. The van der Waals surface area contributed by atoms with Crippen molar-refractivity contribution < 1.29 is 0 Å². The SMILES string of the molecule is SCCCN1C2CCC1CC2. The molecular weight excluding hydrogens is 154 g/mol. The number of fused-ring (bicyclic) bond motifs is 2. The molecule has 2 fully saturated rings. The molecule has 1 nitrogen and oxygen atoms in total. The Balaban J connectivity index is 1.84. The topological polar surface area (TPSA) is 3.24 Å². The van der Waals surface area contributed by atoms with E-state index in [2.05, 4.69) is 17.5 Å². The summed E-state index contributed by atoms with van der Waals surface area (Å²) in [6, 6.07) is 1.92. The fourth-order valence-corrected chi connectivity index (χ4v) is 2.78. The highest BCUT2D eigenvalue weighted by molar-refractivity contribution is 7.80. The second-order valence-corrected chi connectivity index (χ2v) is 4.22. The first-order valence-corrected chi connectivity index (χ1v) is 5.41. The van der Waals surface area contributed by atoms with Crippen LogP contribution in [0.2, 0.25) is 0 Å². The van der Waals surface area contributed by atoms with E-state index >= 15 is 0 Å². The van der Waals surface area contributed by atoms with E-state index in [0.29, 0.717) is 0 Å². The second kappa shape index (κ2) is 3.36. The molecule has 64 valence electrons. The van der Waals surface area contributed by atoms with Crippen LogP contribution in [-0.4, -0.2) is 29.3 Å². The molecule has 0 aromatic rings. The molecule has 2 bridgehead atoms. The van der Waals surface area contributed by atoms with Gasteiger partial charge in [-0.3, -0.25) is 4.90 Å². The molecule has 0 aromatic carbocycles. The molecule has 2 rings (SSSR count). The molecule has 0 atom stereocenters. The predicted molar refractivity (Wildman–Crippen MR) is 51.2 cm³/mol. The van der Waals surface area contributed by atoms with Gasteiger partial charge in [-0.2, -0.15) is 12.6 Å². The average molecular weight is 171 g/mol. The van der Waals surface area contributed by atoms with E-state index in [0.717, 1.165) is 17.8 Å². The van der Waals surface area contributed by atoms with Crippen LogP contribution >= 0.6 is 12.6 Å². The number of rotatable bonds is 3. The van der Waals surface area contributed by atoms with Gasteiger partial charge in [-0.05, 0) is 44.4 Å². The highest BCUT2D eigenvalue weighted by Crippen LogP contribution is 2.37. The molecule has 0 saturated carbocycles. The summed E-state index contributed by atoms with van der Waals surface area (Å²) >= 11 is 4.25. The number of hydrogen-bond donors (Lipinski definition) is 1. The molecule has 2 heterocycles. The van der Waals surface area contributed by atoms with Crippen LogP contribution in [0.3, 0.4) is 0 Å². The molecule has 0 unspecified atom stereocenters. The van der Waals surface area contributed by atoms with E-state index < -0.39 is 0 Å². The fourth-order valence-electron chi connectivity index (χ4n) is 2.64. The van der Waals surface area contributed by atoms with Gasteiger partial charge in [0.05, 0.1) is 0 Å². The Hall–Kier alpha value is 0.310. The summed E-state index contributed by atoms with van der Waals surface area (Å²) in [5, 5.41) is 0. The molecule has 0 N–H and O–H groups in total. The molecule has 2 aliphatic heterocycles. The van der Waals surface area contributed by atoms with Crippen LogP contribution in [-0.2, 0) is 0 Å². The van der Waals surface area contributed by atoms with Crippen LogP contribution in [0.25, 0.3) is 0 Å². The lowest BCUT2D eigenvalue weighted by Gasteiger charge is -2.20. The van der Waals surface area contributed by atoms with E-state index in [1.165, 1.54) is 38.6 Å². The fraction of sp³-hybridized carbons (Fsp3) is 1.00. The molecule has 2 aliphatic rings. The molecule has 11 heavy (non-hydrogen) atoms. The summed E-state index contributed by atoms with van der Waals surface area (Å²) in [4.78, 5) is 2.72. The molecule has 0 amide bonds. The molecule has 0 aromatic heterocycles. The molecule has 0 aliphatic carbocycles. The maximum Gasteiger partial charge on any atom is 0.00993 e. The summed E-state index contributed by atoms with van der Waals surface area (Å²) < 4.78 is 0. The van der Waals surface area contributed by atoms with Crippen LogP contribution in [0.4, 0.5) is 0 Å². The van der Waals surface area contributed by atoms with Crippen molar-refractivity contribution in [2.75, 3.05) is 12.3 Å². The highest BCUT2D eigenvalue weighted by Gasteiger charge is 2.38. The van der Waals surface area contributed by atoms with Crippen LogP contribution in [0.15, 0.2) is 0 Å². The van der Waals surface area contributed by atoms with Gasteiger partial charge in [0.2, 0.25) is 0 Å². The van der Waals surface area contributed by atoms with Crippen molar-refractivity contribution in [3.63, 3.8) is 0 Å². The van der Waals surface area contributed by atoms with Crippen LogP contribution < -0.4 is 0 Å². The number of nitrogens with zero attached hydrogens (tertiary/aromatic N) is 1. The van der Waals surface area contributed by atoms with E-state index in [1.54, 1.807) is 0 Å². The average Bonchev–Trinajstić information content (AvgIpc) is 2.59. The van der Waals surface area contributed by atoms with Gasteiger partial charge in [-0.15, -0.1) is 0 Å². The Morgan fingerprint density at radius 2 is 1.64 bits per heavy atom. The molecular formula is C9H17NS. The first kappa shape index (κ1) is 7.93. The van der Waals surface area contributed by atoms with Crippen molar-refractivity contribution in [3.8, 4) is 0 Å². The maximum absolute atomic E-state index is 4.25. The van der Waals surface area contributed by atoms with Crippen LogP contribution in [0.5, 0.6) is 0 Å². The van der Waals surface area contributed by atoms with Gasteiger partial charge in [0.25, 0.3) is 0 Å². The predicted octanol–water partition coefficient (Wildman–Crippen LogP) is 1.93. The van der Waals surface area contributed by atoms with Gasteiger partial charge in [-0.1, -0.05) is 0 Å². The quantitative estimate of drug-likeness (QED) is 0.635. The monoisotopic (exact) mass is 171 g/mol. The summed E-state index contributed by atoms with van der Waals surface area (Å²) in [6.07, 6.45) is 7.15. The van der Waals surface area contributed by atoms with Crippen LogP contribution in [0.1, 0.15) is 32.1 Å². The Morgan fingerprint density at radius 3 is 2.09 bits per heavy atom. The lowest BCUT2D eigenvalue weighted by molar-refractivity contribution is 0.254. The van der Waals surface area contributed by atoms with Gasteiger partial charge in [0.15, 0.2) is 0 Å². The zero-order chi connectivity index (χ0) is 7.68. The zero-order valence-corrected chi connectivity index (χ0v) is 7.89. The summed E-state index contributed by atoms with van der Waals surface area (Å²) in [5.41, 5.74) is 0. The standard InChI is InChI=1S/C9H17NS/c11-7-1-6-10-8-2-3-9(10)5-4-8/h8-9,11H,1-7H2. The van der Waals surface area contributed by atoms with Crippen molar-refractivity contribution in [1.82, 2.24) is 4.90 Å². The Labute approximate surface area is 74.6 Å². The van der Waals surface area contributed by atoms with E-state index in [-0.39, 0.29) is 0 Å². The molecule has 2 saturated heterocycles. The first-order chi connectivity index (χ1) is 5.42. The third-order valence-corrected chi connectivity index (χ3v) is 3.49. The van der Waals surface area contributed by atoms with Crippen molar-refractivity contribution in [2.24, 2.45) is 0 Å². The lowest BCUT2D eigenvalue weighted by Crippen LogP contribution is -2.29. The molecule has 0 radical (unpaired) electrons. The Kier molecular flexibility index (Phi) is 2.42. The van der Waals surface area contributed by atoms with Crippen molar-refractivity contribution in [1.29, 1.82) is 0 Å². The third kappa shape index (κ3) is 1.43. The first-order valence-electron chi connectivity index (χ1n) is 4.78. The normalized spacial score (nSPS) is 36.8. The highest BCUT2D eigenvalue weighted by atomic mass is 32.1. The molecule has 2 heteroatoms. The maximum atomic E-state index is 4.25. The van der Waals surface area contributed by atoms with E-state index in [9.17, 15) is 0 Å². The van der Waals surface area contributed by atoms with E-state index in [4.69, 9.17) is 0 Å². The minimum absolute atomic E-state index is 0.958. The summed E-state index contributed by atoms with van der Waals surface area (Å²) in [6.45, 7) is 1.30. The largest absolute Gasteiger partial charge is 0.297 e.